The zero-order chi connectivity index (χ0) is 70.1. The number of nitrogens with two attached hydrogens (primary N) is 9. The zero-order valence-electron chi connectivity index (χ0n) is 54.5. The van der Waals surface area contributed by atoms with E-state index in [-0.39, 0.29) is 12.4 Å². The molecule has 1 atom stereocenters. The molecule has 0 spiro atoms. The number of aliphatic hydroxyl groups is 2. The highest BCUT2D eigenvalue weighted by Crippen LogP contribution is 2.21. The maximum Gasteiger partial charge on any atom is 0.197 e. The molecule has 33 nitrogen and oxygen atoms in total. The molecule has 0 radical (unpaired) electrons. The predicted molar refractivity (Wildman–Crippen MR) is 379 cm³/mol. The van der Waals surface area contributed by atoms with Crippen molar-refractivity contribution in [3.8, 4) is 5.75 Å². The van der Waals surface area contributed by atoms with Crippen LogP contribution in [0, 0.1) is 5.92 Å². The zero-order valence-corrected chi connectivity index (χ0v) is 54.5. The van der Waals surface area contributed by atoms with Crippen LogP contribution in [0.5, 0.6) is 5.75 Å². The summed E-state index contributed by atoms with van der Waals surface area (Å²) in [6.07, 6.45) is 25.9. The highest BCUT2D eigenvalue weighted by molar-refractivity contribution is 5.83. The average molecular weight is 1330 g/mol. The van der Waals surface area contributed by atoms with E-state index in [1.54, 1.807) is 81.2 Å². The number of imidazole rings is 10. The van der Waals surface area contributed by atoms with Crippen LogP contribution in [0.2, 0.25) is 0 Å². The molecule has 0 fully saturated rings. The lowest BCUT2D eigenvalue weighted by atomic mass is 10.1. The van der Waals surface area contributed by atoms with Gasteiger partial charge in [-0.3, -0.25) is 0 Å². The number of phenols is 1. The van der Waals surface area contributed by atoms with Gasteiger partial charge in [-0.05, 0) is 60.1 Å². The summed E-state index contributed by atoms with van der Waals surface area (Å²) in [6, 6.07) is 25.5. The lowest BCUT2D eigenvalue weighted by molar-refractivity contribution is 0.195. The van der Waals surface area contributed by atoms with Crippen molar-refractivity contribution in [3.63, 3.8) is 0 Å². The fraction of sp³-hybridized carbons (Fsp3) is 0.219. The number of fused-ring (bicyclic) bond motifs is 1. The number of aromatic amines is 11. The largest absolute Gasteiger partial charge is 0.508 e. The molecular formula is C64H88N30O3. The number of benzene rings is 3. The SMILES string of the molecule is CC(C)Cc1cnc(N)[nH]1.CC(C)c1cnc(N)[nH]1.CC(O)c1cnc(N)[nH]1.Nc1ncc(CO)[nH]1.Nc1ncc(Cc2c[nH]c3ccccc23)[nH]1.Nc1ncc(Cc2ccc(O)cc2)[nH]1.Nc1ncc(Cc2ccccc2)[nH]1.Nc1ncc(Cc2cnc[nH]2)[nH]1.Nc1ncc[nH]1. The summed E-state index contributed by atoms with van der Waals surface area (Å²) in [5.41, 5.74) is 61.5. The summed E-state index contributed by atoms with van der Waals surface area (Å²) in [5, 5.41) is 27.7. The minimum Gasteiger partial charge on any atom is -0.508 e. The first-order valence-corrected chi connectivity index (χ1v) is 30.3. The van der Waals surface area contributed by atoms with Gasteiger partial charge in [-0.15, -0.1) is 0 Å². The number of H-pyrrole nitrogens is 11. The molecule has 14 rings (SSSR count). The Labute approximate surface area is 558 Å². The van der Waals surface area contributed by atoms with Gasteiger partial charge >= 0.3 is 0 Å². The van der Waals surface area contributed by atoms with Crippen molar-refractivity contribution in [2.24, 2.45) is 5.92 Å². The molecule has 11 aromatic heterocycles. The number of aliphatic hydroxyl groups excluding tert-OH is 2. The summed E-state index contributed by atoms with van der Waals surface area (Å²) in [6.45, 7) is 10.1. The van der Waals surface area contributed by atoms with Crippen LogP contribution in [0.25, 0.3) is 10.9 Å². The molecule has 0 amide bonds. The number of rotatable bonds is 13. The van der Waals surface area contributed by atoms with Gasteiger partial charge in [0.1, 0.15) is 5.75 Å². The molecule has 0 aliphatic heterocycles. The Morgan fingerprint density at radius 3 is 1.22 bits per heavy atom. The topological polar surface area (TPSA) is 597 Å². The Hall–Kier alpha value is -12.8. The lowest BCUT2D eigenvalue weighted by Crippen LogP contribution is -1.94. The minimum atomic E-state index is -0.519. The van der Waals surface area contributed by atoms with E-state index < -0.39 is 6.10 Å². The molecular weight excluding hydrogens is 1240 g/mol. The van der Waals surface area contributed by atoms with Crippen molar-refractivity contribution in [2.75, 3.05) is 51.6 Å². The highest BCUT2D eigenvalue weighted by atomic mass is 16.3. The van der Waals surface area contributed by atoms with Gasteiger partial charge in [0.2, 0.25) is 0 Å². The van der Waals surface area contributed by atoms with Crippen LogP contribution in [-0.2, 0) is 38.7 Å². The number of para-hydroxylation sites is 1. The number of aromatic hydroxyl groups is 1. The number of nitrogen functional groups attached to an aromatic ring is 9. The predicted octanol–water partition coefficient (Wildman–Crippen LogP) is 7.07. The number of hydrogen-bond donors (Lipinski definition) is 23. The fourth-order valence-electron chi connectivity index (χ4n) is 8.45. The highest BCUT2D eigenvalue weighted by Gasteiger charge is 2.07. The molecule has 3 aromatic carbocycles. The molecule has 0 saturated carbocycles. The molecule has 0 aliphatic rings. The van der Waals surface area contributed by atoms with E-state index in [0.717, 1.165) is 83.0 Å². The number of nitrogens with zero attached hydrogens (tertiary/aromatic N) is 10. The Morgan fingerprint density at radius 2 is 0.845 bits per heavy atom. The van der Waals surface area contributed by atoms with Crippen molar-refractivity contribution < 1.29 is 15.3 Å². The van der Waals surface area contributed by atoms with Gasteiger partial charge in [0, 0.05) is 101 Å². The summed E-state index contributed by atoms with van der Waals surface area (Å²) >= 11 is 0. The second kappa shape index (κ2) is 38.3. The number of aromatic nitrogens is 21. The molecule has 1 unspecified atom stereocenters. The van der Waals surface area contributed by atoms with E-state index in [1.807, 2.05) is 48.7 Å². The summed E-state index contributed by atoms with van der Waals surface area (Å²) in [5.74, 6) is 5.39. The molecule has 11 heterocycles. The molecule has 0 saturated heterocycles. The molecule has 0 aliphatic carbocycles. The first-order chi connectivity index (χ1) is 46.5. The Kier molecular flexibility index (Phi) is 28.9. The smallest absolute Gasteiger partial charge is 0.197 e. The van der Waals surface area contributed by atoms with E-state index in [0.29, 0.717) is 76.8 Å². The van der Waals surface area contributed by atoms with E-state index in [2.05, 4.69) is 157 Å². The molecule has 0 bridgehead atoms. The number of hydrogen-bond acceptors (Lipinski definition) is 22. The minimum absolute atomic E-state index is 0.0375. The molecule has 32 N–H and O–H groups in total. The van der Waals surface area contributed by atoms with Gasteiger partial charge in [0.25, 0.3) is 0 Å². The molecule has 512 valence electrons. The normalized spacial score (nSPS) is 10.6. The fourth-order valence-corrected chi connectivity index (χ4v) is 8.45. The van der Waals surface area contributed by atoms with Crippen molar-refractivity contribution in [3.05, 3.63) is 227 Å². The third kappa shape index (κ3) is 27.5. The first-order valence-electron chi connectivity index (χ1n) is 30.3. The van der Waals surface area contributed by atoms with Gasteiger partial charge in [0.05, 0.1) is 80.0 Å². The summed E-state index contributed by atoms with van der Waals surface area (Å²) < 4.78 is 0. The monoisotopic (exact) mass is 1320 g/mol. The van der Waals surface area contributed by atoms with Crippen molar-refractivity contribution >= 4 is 64.4 Å². The van der Waals surface area contributed by atoms with Gasteiger partial charge < -0.3 is 122 Å². The van der Waals surface area contributed by atoms with E-state index >= 15 is 0 Å². The summed E-state index contributed by atoms with van der Waals surface area (Å²) in [7, 11) is 0. The van der Waals surface area contributed by atoms with Crippen LogP contribution < -0.4 is 51.6 Å². The number of anilines is 9. The van der Waals surface area contributed by atoms with E-state index in [1.165, 1.54) is 28.9 Å². The van der Waals surface area contributed by atoms with Gasteiger partial charge in [-0.1, -0.05) is 88.4 Å². The van der Waals surface area contributed by atoms with E-state index in [4.69, 9.17) is 66.9 Å². The van der Waals surface area contributed by atoms with Crippen LogP contribution in [0.15, 0.2) is 160 Å². The average Bonchev–Trinajstić information content (AvgIpc) is 1.70. The van der Waals surface area contributed by atoms with Crippen LogP contribution in [0.4, 0.5) is 53.5 Å². The van der Waals surface area contributed by atoms with E-state index in [9.17, 15) is 0 Å². The van der Waals surface area contributed by atoms with Gasteiger partial charge in [-0.25, -0.2) is 49.8 Å². The van der Waals surface area contributed by atoms with Crippen molar-refractivity contribution in [1.82, 2.24) is 105 Å². The first kappa shape index (κ1) is 73.3. The Morgan fingerprint density at radius 1 is 0.402 bits per heavy atom. The maximum absolute atomic E-state index is 9.09. The Balaban J connectivity index is 0.000000175. The van der Waals surface area contributed by atoms with Crippen LogP contribution >= 0.6 is 0 Å². The third-order valence-corrected chi connectivity index (χ3v) is 13.1. The third-order valence-electron chi connectivity index (χ3n) is 13.1. The van der Waals surface area contributed by atoms with Crippen LogP contribution in [0.3, 0.4) is 0 Å². The van der Waals surface area contributed by atoms with Crippen molar-refractivity contribution in [1.29, 1.82) is 0 Å². The van der Waals surface area contributed by atoms with Crippen LogP contribution in [-0.4, -0.2) is 120 Å². The second-order valence-electron chi connectivity index (χ2n) is 22.1. The maximum atomic E-state index is 9.09. The standard InChI is InChI=1S/C12H12N4.C10H11N3O.C10H11N3.C7H9N5.C7H13N3.C6H11N3.C5H9N3O.C4H7N3O.C3H5N3/c13-12-15-7-9(16-12)5-8-6-14-11-4-2-1-3-10(8)11;11-10-12-6-8(13-10)5-7-1-3-9(14)4-2-7;11-10-12-7-9(13-10)6-8-4-2-1-3-5-8;8-7-10-3-6(12-7)1-5-2-9-4-11-5;1-5(2)3-6-4-9-7(8)10-6;1-4(2)5-3-8-6(7)9-5;1-3(9)4-2-7-5(6)8-4;5-4-6-1-3(2-8)7-4;4-3-5-1-2-6-3/h1-4,6-7,14H,5H2,(H3,13,15,16);1-4,6,14H,5H2,(H3,11,12,13);1-5,7H,6H2,(H3,11,12,13);2-4H,1H2,(H,9,11)(H3,8,10,12);4-5H,3H2,1-2H3,(H3,8,9,10);3-4H,1-2H3,(H3,7,8,9);2-3,9H,1H3,(H3,6,7,8);1,8H,2H2,(H3,5,6,7);1-2H,(H3,4,5,6). The molecule has 97 heavy (non-hydrogen) atoms. The lowest BCUT2D eigenvalue weighted by Gasteiger charge is -1.98. The van der Waals surface area contributed by atoms with Crippen molar-refractivity contribution in [2.45, 2.75) is 85.4 Å². The number of nitrogens with one attached hydrogen (secondary N) is 11. The summed E-state index contributed by atoms with van der Waals surface area (Å²) in [4.78, 5) is 70.4. The van der Waals surface area contributed by atoms with Crippen LogP contribution in [0.1, 0.15) is 115 Å². The molecule has 33 heteroatoms. The van der Waals surface area contributed by atoms with Gasteiger partial charge in [-0.2, -0.15) is 0 Å². The second-order valence-corrected chi connectivity index (χ2v) is 22.1. The van der Waals surface area contributed by atoms with Gasteiger partial charge in [0.15, 0.2) is 53.5 Å². The quantitative estimate of drug-likeness (QED) is 0.0548. The molecule has 14 aromatic rings. The Bertz CT molecular complexity index is 4290. The number of phenolic OH excluding ortho intramolecular Hbond substituents is 1.